The van der Waals surface area contributed by atoms with Gasteiger partial charge < -0.3 is 9.88 Å². The normalized spacial score (nSPS) is 19.3. The van der Waals surface area contributed by atoms with Gasteiger partial charge in [0.05, 0.1) is 6.54 Å². The molecule has 8 heteroatoms. The molecule has 2 unspecified atom stereocenters. The van der Waals surface area contributed by atoms with Crippen molar-refractivity contribution in [3.8, 4) is 0 Å². The molecule has 1 aliphatic heterocycles. The highest BCUT2D eigenvalue weighted by Gasteiger charge is 2.40. The first-order chi connectivity index (χ1) is 9.84. The average molecular weight is 305 g/mol. The summed E-state index contributed by atoms with van der Waals surface area (Å²) in [6, 6.07) is 0.512. The molecule has 120 valence electrons. The van der Waals surface area contributed by atoms with Gasteiger partial charge in [-0.15, -0.1) is 10.2 Å². The summed E-state index contributed by atoms with van der Waals surface area (Å²) in [5.74, 6) is -0.495. The lowest BCUT2D eigenvalue weighted by molar-refractivity contribution is -0.148. The monoisotopic (exact) mass is 305 g/mol. The predicted octanol–water partition coefficient (Wildman–Crippen LogP) is 1.89. The van der Waals surface area contributed by atoms with E-state index in [2.05, 4.69) is 41.2 Å². The maximum atomic E-state index is 12.8. The van der Waals surface area contributed by atoms with E-state index in [-0.39, 0.29) is 18.6 Å². The van der Waals surface area contributed by atoms with E-state index in [1.807, 2.05) is 0 Å². The van der Waals surface area contributed by atoms with Gasteiger partial charge >= 0.3 is 6.18 Å². The van der Waals surface area contributed by atoms with Crippen LogP contribution in [0.3, 0.4) is 0 Å². The Morgan fingerprint density at radius 2 is 1.95 bits per heavy atom. The van der Waals surface area contributed by atoms with E-state index in [4.69, 9.17) is 0 Å². The minimum Gasteiger partial charge on any atom is -0.313 e. The first kappa shape index (κ1) is 16.2. The summed E-state index contributed by atoms with van der Waals surface area (Å²) in [7, 11) is 0. The van der Waals surface area contributed by atoms with Crippen molar-refractivity contribution < 1.29 is 13.2 Å². The summed E-state index contributed by atoms with van der Waals surface area (Å²) in [5.41, 5.74) is 0. The lowest BCUT2D eigenvalue weighted by Crippen LogP contribution is -2.49. The van der Waals surface area contributed by atoms with Crippen LogP contribution in [0.5, 0.6) is 0 Å². The molecule has 0 saturated heterocycles. The van der Waals surface area contributed by atoms with Gasteiger partial charge in [0.15, 0.2) is 0 Å². The second-order valence-electron chi connectivity index (χ2n) is 5.54. The quantitative estimate of drug-likeness (QED) is 0.902. The van der Waals surface area contributed by atoms with E-state index < -0.39 is 12.0 Å². The Morgan fingerprint density at radius 1 is 1.24 bits per heavy atom. The van der Waals surface area contributed by atoms with Crippen molar-refractivity contribution in [3.63, 3.8) is 0 Å². The average Bonchev–Trinajstić information content (AvgIpc) is 2.86. The minimum absolute atomic E-state index is 0.233. The maximum absolute atomic E-state index is 12.8. The summed E-state index contributed by atoms with van der Waals surface area (Å²) in [6.45, 7) is 8.49. The third-order valence-corrected chi connectivity index (χ3v) is 4.05. The van der Waals surface area contributed by atoms with Gasteiger partial charge in [0, 0.05) is 25.2 Å². The molecule has 5 nitrogen and oxygen atoms in total. The molecule has 1 N–H and O–H groups in total. The summed E-state index contributed by atoms with van der Waals surface area (Å²) in [4.78, 5) is 2.15. The smallest absolute Gasteiger partial charge is 0.313 e. The zero-order valence-corrected chi connectivity index (χ0v) is 12.6. The first-order valence-electron chi connectivity index (χ1n) is 7.31. The molecule has 1 aromatic rings. The molecule has 0 radical (unpaired) electrons. The number of hydrogen-bond donors (Lipinski definition) is 1. The minimum atomic E-state index is -4.44. The molecule has 2 heterocycles. The van der Waals surface area contributed by atoms with Gasteiger partial charge in [0.25, 0.3) is 0 Å². The Balaban J connectivity index is 2.05. The van der Waals surface area contributed by atoms with E-state index in [1.165, 1.54) is 4.57 Å². The fourth-order valence-electron chi connectivity index (χ4n) is 2.59. The van der Waals surface area contributed by atoms with Crippen LogP contribution < -0.4 is 5.32 Å². The molecule has 1 aliphatic rings. The molecular formula is C13H22F3N5. The molecule has 0 fully saturated rings. The van der Waals surface area contributed by atoms with Gasteiger partial charge in [-0.1, -0.05) is 6.92 Å². The molecule has 2 atom stereocenters. The maximum Gasteiger partial charge on any atom is 0.451 e. The third kappa shape index (κ3) is 3.55. The Labute approximate surface area is 122 Å². The van der Waals surface area contributed by atoms with Gasteiger partial charge in [-0.25, -0.2) is 0 Å². The van der Waals surface area contributed by atoms with Gasteiger partial charge in [0.2, 0.25) is 5.82 Å². The third-order valence-electron chi connectivity index (χ3n) is 4.05. The number of nitrogens with one attached hydrogen (secondary N) is 1. The summed E-state index contributed by atoms with van der Waals surface area (Å²) in [5, 5.41) is 10.4. The molecule has 0 bridgehead atoms. The van der Waals surface area contributed by atoms with Crippen LogP contribution in [0, 0.1) is 0 Å². The van der Waals surface area contributed by atoms with E-state index in [0.29, 0.717) is 18.9 Å². The summed E-state index contributed by atoms with van der Waals surface area (Å²) < 4.78 is 39.5. The molecule has 0 saturated carbocycles. The zero-order chi connectivity index (χ0) is 15.6. The summed E-state index contributed by atoms with van der Waals surface area (Å²) in [6.07, 6.45) is -3.38. The fourth-order valence-corrected chi connectivity index (χ4v) is 2.59. The number of aromatic nitrogens is 3. The first-order valence-corrected chi connectivity index (χ1v) is 7.31. The van der Waals surface area contributed by atoms with Crippen LogP contribution in [0.25, 0.3) is 0 Å². The van der Waals surface area contributed by atoms with Crippen LogP contribution in [0.15, 0.2) is 0 Å². The van der Waals surface area contributed by atoms with E-state index in [0.717, 1.165) is 13.0 Å². The highest BCUT2D eigenvalue weighted by atomic mass is 19.4. The molecule has 2 rings (SSSR count). The Hall–Kier alpha value is -1.15. The van der Waals surface area contributed by atoms with Crippen molar-refractivity contribution in [1.82, 2.24) is 25.0 Å². The van der Waals surface area contributed by atoms with Gasteiger partial charge in [0.1, 0.15) is 5.82 Å². The highest BCUT2D eigenvalue weighted by Crippen LogP contribution is 2.29. The number of rotatable bonds is 5. The van der Waals surface area contributed by atoms with Crippen LogP contribution >= 0.6 is 0 Å². The Morgan fingerprint density at radius 3 is 2.57 bits per heavy atom. The molecule has 0 spiro atoms. The van der Waals surface area contributed by atoms with Crippen molar-refractivity contribution in [2.45, 2.75) is 58.5 Å². The van der Waals surface area contributed by atoms with E-state index >= 15 is 0 Å². The molecule has 21 heavy (non-hydrogen) atoms. The SMILES string of the molecule is CCCNC(C)C(C)N1CCn2c(nnc2C(F)(F)F)C1. The van der Waals surface area contributed by atoms with Crippen molar-refractivity contribution in [1.29, 1.82) is 0 Å². The predicted molar refractivity (Wildman–Crippen MR) is 72.7 cm³/mol. The highest BCUT2D eigenvalue weighted by molar-refractivity contribution is 5.03. The summed E-state index contributed by atoms with van der Waals surface area (Å²) >= 11 is 0. The van der Waals surface area contributed by atoms with Crippen LogP contribution in [0.2, 0.25) is 0 Å². The largest absolute Gasteiger partial charge is 0.451 e. The zero-order valence-electron chi connectivity index (χ0n) is 12.6. The van der Waals surface area contributed by atoms with Crippen LogP contribution in [0.1, 0.15) is 38.8 Å². The van der Waals surface area contributed by atoms with Crippen molar-refractivity contribution in [3.05, 3.63) is 11.6 Å². The number of alkyl halides is 3. The number of halogens is 3. The molecule has 0 aliphatic carbocycles. The lowest BCUT2D eigenvalue weighted by atomic mass is 10.1. The van der Waals surface area contributed by atoms with Crippen molar-refractivity contribution >= 4 is 0 Å². The molecule has 1 aromatic heterocycles. The lowest BCUT2D eigenvalue weighted by Gasteiger charge is -2.36. The Bertz CT molecular complexity index is 471. The Kier molecular flexibility index (Phi) is 4.88. The standard InChI is InChI=1S/C13H22F3N5/c1-4-5-17-9(2)10(3)20-6-7-21-11(8-20)18-19-12(21)13(14,15)16/h9-10,17H,4-8H2,1-3H3. The molecule has 0 aromatic carbocycles. The number of hydrogen-bond acceptors (Lipinski definition) is 4. The van der Waals surface area contributed by atoms with E-state index in [9.17, 15) is 13.2 Å². The van der Waals surface area contributed by atoms with Gasteiger partial charge in [-0.2, -0.15) is 13.2 Å². The molecule has 0 amide bonds. The fraction of sp³-hybridized carbons (Fsp3) is 0.846. The second-order valence-corrected chi connectivity index (χ2v) is 5.54. The number of fused-ring (bicyclic) bond motifs is 1. The van der Waals surface area contributed by atoms with Crippen molar-refractivity contribution in [2.75, 3.05) is 13.1 Å². The second kappa shape index (κ2) is 6.31. The van der Waals surface area contributed by atoms with Crippen molar-refractivity contribution in [2.24, 2.45) is 0 Å². The van der Waals surface area contributed by atoms with Crippen LogP contribution in [0.4, 0.5) is 13.2 Å². The van der Waals surface area contributed by atoms with Gasteiger partial charge in [-0.3, -0.25) is 4.90 Å². The van der Waals surface area contributed by atoms with Crippen LogP contribution in [-0.2, 0) is 19.3 Å². The van der Waals surface area contributed by atoms with E-state index in [1.54, 1.807) is 0 Å². The number of nitrogens with zero attached hydrogens (tertiary/aromatic N) is 4. The van der Waals surface area contributed by atoms with Gasteiger partial charge in [-0.05, 0) is 26.8 Å². The topological polar surface area (TPSA) is 46.0 Å². The molecular weight excluding hydrogens is 283 g/mol. The van der Waals surface area contributed by atoms with Crippen LogP contribution in [-0.4, -0.2) is 44.8 Å².